The molecule has 1 aromatic heterocycles. The number of benzene rings is 2. The Morgan fingerprint density at radius 2 is 1.73 bits per heavy atom. The van der Waals surface area contributed by atoms with Crippen LogP contribution in [0.3, 0.4) is 0 Å². The van der Waals surface area contributed by atoms with Crippen LogP contribution < -0.4 is 4.74 Å². The van der Waals surface area contributed by atoms with Crippen molar-refractivity contribution in [1.82, 2.24) is 19.4 Å². The van der Waals surface area contributed by atoms with Crippen LogP contribution in [-0.4, -0.2) is 70.2 Å². The Kier molecular flexibility index (Phi) is 7.12. The Morgan fingerprint density at radius 3 is 2.42 bits per heavy atom. The van der Waals surface area contributed by atoms with Crippen LogP contribution in [0.25, 0.3) is 11.0 Å². The molecule has 0 unspecified atom stereocenters. The lowest BCUT2D eigenvalue weighted by Crippen LogP contribution is -2.51. The van der Waals surface area contributed by atoms with Gasteiger partial charge in [-0.25, -0.2) is 4.98 Å². The third-order valence-electron chi connectivity index (χ3n) is 5.58. The summed E-state index contributed by atoms with van der Waals surface area (Å²) in [6.45, 7) is 1.57. The molecule has 0 aliphatic carbocycles. The van der Waals surface area contributed by atoms with Gasteiger partial charge in [0.05, 0.1) is 24.6 Å². The predicted molar refractivity (Wildman–Crippen MR) is 121 cm³/mol. The monoisotopic (exact) mass is 474 g/mol. The quantitative estimate of drug-likeness (QED) is 0.492. The van der Waals surface area contributed by atoms with Crippen molar-refractivity contribution in [3.05, 3.63) is 54.1 Å². The van der Waals surface area contributed by atoms with Crippen LogP contribution in [0.5, 0.6) is 5.75 Å². The Morgan fingerprint density at radius 1 is 1.03 bits per heavy atom. The number of nitrogens with zero attached hydrogens (tertiary/aromatic N) is 4. The zero-order valence-electron chi connectivity index (χ0n) is 18.1. The van der Waals surface area contributed by atoms with Gasteiger partial charge in [-0.15, -0.1) is 0 Å². The van der Waals surface area contributed by atoms with Crippen molar-refractivity contribution in [2.45, 2.75) is 23.9 Å². The van der Waals surface area contributed by atoms with Crippen LogP contribution in [0.4, 0.5) is 8.78 Å². The molecule has 2 aromatic carbocycles. The maximum absolute atomic E-state index is 13.0. The number of imidazole rings is 1. The molecular weight excluding hydrogens is 450 g/mol. The molecule has 7 nitrogen and oxygen atoms in total. The minimum Gasteiger partial charge on any atom is -0.497 e. The van der Waals surface area contributed by atoms with Crippen molar-refractivity contribution < 1.29 is 23.1 Å². The topological polar surface area (TPSA) is 67.7 Å². The summed E-state index contributed by atoms with van der Waals surface area (Å²) in [4.78, 5) is 33.3. The van der Waals surface area contributed by atoms with E-state index in [4.69, 9.17) is 4.74 Å². The number of methoxy groups -OCH3 is 1. The first kappa shape index (κ1) is 23.0. The molecule has 174 valence electrons. The van der Waals surface area contributed by atoms with Crippen LogP contribution in [0.1, 0.15) is 5.56 Å². The minimum absolute atomic E-state index is 0.00780. The SMILES string of the molecule is COc1cccc(CC(=O)N2CCN(C(=O)Cn3c(SC(F)F)nc4ccccc43)CC2)c1. The highest BCUT2D eigenvalue weighted by Gasteiger charge is 2.26. The van der Waals surface area contributed by atoms with E-state index < -0.39 is 5.76 Å². The van der Waals surface area contributed by atoms with Crippen molar-refractivity contribution in [1.29, 1.82) is 0 Å². The van der Waals surface area contributed by atoms with E-state index in [-0.39, 0.29) is 29.9 Å². The summed E-state index contributed by atoms with van der Waals surface area (Å²) in [5, 5.41) is 0.117. The maximum atomic E-state index is 13.0. The minimum atomic E-state index is -2.63. The van der Waals surface area contributed by atoms with Crippen molar-refractivity contribution in [2.75, 3.05) is 33.3 Å². The summed E-state index contributed by atoms with van der Waals surface area (Å²) < 4.78 is 32.8. The van der Waals surface area contributed by atoms with Gasteiger partial charge in [0.1, 0.15) is 12.3 Å². The first-order valence-corrected chi connectivity index (χ1v) is 11.4. The lowest BCUT2D eigenvalue weighted by Gasteiger charge is -2.35. The molecule has 0 spiro atoms. The number of rotatable bonds is 7. The lowest BCUT2D eigenvalue weighted by molar-refractivity contribution is -0.139. The summed E-state index contributed by atoms with van der Waals surface area (Å²) in [6.07, 6.45) is 0.264. The highest BCUT2D eigenvalue weighted by molar-refractivity contribution is 7.99. The zero-order valence-corrected chi connectivity index (χ0v) is 18.9. The second-order valence-corrected chi connectivity index (χ2v) is 8.59. The number of carbonyl (C=O) groups excluding carboxylic acids is 2. The standard InChI is InChI=1S/C23H24F2N4O3S/c1-32-17-6-4-5-16(13-17)14-20(30)27-9-11-28(12-10-27)21(31)15-29-19-8-3-2-7-18(19)26-23(29)33-22(24)25/h2-8,13,22H,9-12,14-15H2,1H3. The van der Waals surface area contributed by atoms with Crippen molar-refractivity contribution >= 4 is 34.6 Å². The Labute approximate surface area is 194 Å². The highest BCUT2D eigenvalue weighted by Crippen LogP contribution is 2.28. The van der Waals surface area contributed by atoms with Gasteiger partial charge in [0, 0.05) is 26.2 Å². The van der Waals surface area contributed by atoms with Gasteiger partial charge in [-0.1, -0.05) is 24.3 Å². The summed E-state index contributed by atoms with van der Waals surface area (Å²) in [6, 6.07) is 14.5. The van der Waals surface area contributed by atoms with E-state index in [1.807, 2.05) is 24.3 Å². The fourth-order valence-corrected chi connectivity index (χ4v) is 4.49. The second kappa shape index (κ2) is 10.2. The number of ether oxygens (including phenoxy) is 1. The molecule has 0 N–H and O–H groups in total. The summed E-state index contributed by atoms with van der Waals surface area (Å²) in [5.74, 6) is -2.12. The molecule has 1 aliphatic rings. The Hall–Kier alpha value is -3.14. The van der Waals surface area contributed by atoms with Gasteiger partial charge in [-0.05, 0) is 41.6 Å². The number of amides is 2. The number of carbonyl (C=O) groups is 2. The molecule has 33 heavy (non-hydrogen) atoms. The summed E-state index contributed by atoms with van der Waals surface area (Å²) in [5.41, 5.74) is 2.08. The second-order valence-electron chi connectivity index (χ2n) is 7.64. The fourth-order valence-electron chi connectivity index (χ4n) is 3.89. The largest absolute Gasteiger partial charge is 0.497 e. The molecule has 0 saturated carbocycles. The fraction of sp³-hybridized carbons (Fsp3) is 0.348. The molecule has 2 amide bonds. The average Bonchev–Trinajstić information content (AvgIpc) is 3.15. The number of aromatic nitrogens is 2. The number of hydrogen-bond acceptors (Lipinski definition) is 5. The van der Waals surface area contributed by atoms with Crippen LogP contribution in [0.15, 0.2) is 53.7 Å². The number of halogens is 2. The third-order valence-corrected chi connectivity index (χ3v) is 6.28. The number of alkyl halides is 2. The van der Waals surface area contributed by atoms with Crippen molar-refractivity contribution in [3.8, 4) is 5.75 Å². The summed E-state index contributed by atoms with van der Waals surface area (Å²) >= 11 is 0.333. The van der Waals surface area contributed by atoms with E-state index in [1.165, 1.54) is 4.57 Å². The van der Waals surface area contributed by atoms with Gasteiger partial charge in [-0.2, -0.15) is 8.78 Å². The van der Waals surface area contributed by atoms with Gasteiger partial charge in [0.15, 0.2) is 5.16 Å². The van der Waals surface area contributed by atoms with E-state index in [0.29, 0.717) is 54.7 Å². The van der Waals surface area contributed by atoms with Gasteiger partial charge in [0.2, 0.25) is 11.8 Å². The van der Waals surface area contributed by atoms with Crippen LogP contribution in [-0.2, 0) is 22.6 Å². The van der Waals surface area contributed by atoms with Gasteiger partial charge < -0.3 is 19.1 Å². The molecule has 0 bridgehead atoms. The molecule has 1 fully saturated rings. The van der Waals surface area contributed by atoms with Gasteiger partial charge in [-0.3, -0.25) is 9.59 Å². The number of hydrogen-bond donors (Lipinski definition) is 0. The molecule has 2 heterocycles. The molecule has 1 aliphatic heterocycles. The van der Waals surface area contributed by atoms with E-state index in [1.54, 1.807) is 41.2 Å². The predicted octanol–water partition coefficient (Wildman–Crippen LogP) is 3.27. The van der Waals surface area contributed by atoms with Crippen LogP contribution in [0, 0.1) is 0 Å². The third kappa shape index (κ3) is 5.44. The maximum Gasteiger partial charge on any atom is 0.291 e. The highest BCUT2D eigenvalue weighted by atomic mass is 32.2. The van der Waals surface area contributed by atoms with E-state index >= 15 is 0 Å². The van der Waals surface area contributed by atoms with Crippen molar-refractivity contribution in [2.24, 2.45) is 0 Å². The smallest absolute Gasteiger partial charge is 0.291 e. The molecule has 0 atom stereocenters. The average molecular weight is 475 g/mol. The first-order valence-electron chi connectivity index (χ1n) is 10.5. The molecule has 0 radical (unpaired) electrons. The normalized spacial score (nSPS) is 14.2. The van der Waals surface area contributed by atoms with E-state index in [9.17, 15) is 18.4 Å². The number of para-hydroxylation sites is 2. The number of piperazine rings is 1. The molecule has 10 heteroatoms. The lowest BCUT2D eigenvalue weighted by atomic mass is 10.1. The van der Waals surface area contributed by atoms with Crippen LogP contribution in [0.2, 0.25) is 0 Å². The summed E-state index contributed by atoms with van der Waals surface area (Å²) in [7, 11) is 1.58. The van der Waals surface area contributed by atoms with Crippen LogP contribution >= 0.6 is 11.8 Å². The Bertz CT molecular complexity index is 1150. The molecule has 3 aromatic rings. The van der Waals surface area contributed by atoms with Gasteiger partial charge in [0.25, 0.3) is 5.76 Å². The molecule has 4 rings (SSSR count). The first-order chi connectivity index (χ1) is 15.9. The number of thioether (sulfide) groups is 1. The zero-order chi connectivity index (χ0) is 23.4. The number of fused-ring (bicyclic) bond motifs is 1. The van der Waals surface area contributed by atoms with Gasteiger partial charge >= 0.3 is 0 Å². The Balaban J connectivity index is 1.37. The molecule has 1 saturated heterocycles. The molecular formula is C23H24F2N4O3S. The van der Waals surface area contributed by atoms with E-state index in [2.05, 4.69) is 4.98 Å². The van der Waals surface area contributed by atoms with E-state index in [0.717, 1.165) is 5.56 Å². The van der Waals surface area contributed by atoms with Crippen molar-refractivity contribution in [3.63, 3.8) is 0 Å².